The third kappa shape index (κ3) is 3.63. The summed E-state index contributed by atoms with van der Waals surface area (Å²) in [5.41, 5.74) is 2.75. The molecule has 2 fully saturated rings. The molecular weight excluding hydrogens is 296 g/mol. The summed E-state index contributed by atoms with van der Waals surface area (Å²) in [6, 6.07) is 18.5. The lowest BCUT2D eigenvalue weighted by atomic mass is 10.0. The smallest absolute Gasteiger partial charge is 0.115 e. The largest absolute Gasteiger partial charge is 0.508 e. The molecule has 2 saturated heterocycles. The van der Waals surface area contributed by atoms with Crippen LogP contribution in [0.15, 0.2) is 54.6 Å². The number of aromatic hydroxyl groups is 1. The summed E-state index contributed by atoms with van der Waals surface area (Å²) < 4.78 is 0. The summed E-state index contributed by atoms with van der Waals surface area (Å²) in [4.78, 5) is 5.25. The second-order valence-corrected chi connectivity index (χ2v) is 7.38. The first-order valence-electron chi connectivity index (χ1n) is 9.03. The predicted octanol–water partition coefficient (Wildman–Crippen LogP) is 3.00. The van der Waals surface area contributed by atoms with E-state index in [9.17, 15) is 5.11 Å². The Labute approximate surface area is 144 Å². The van der Waals surface area contributed by atoms with E-state index in [0.717, 1.165) is 31.3 Å². The van der Waals surface area contributed by atoms with E-state index in [1.807, 2.05) is 12.1 Å². The number of benzene rings is 2. The highest BCUT2D eigenvalue weighted by atomic mass is 16.3. The van der Waals surface area contributed by atoms with Crippen LogP contribution in [0.4, 0.5) is 0 Å². The van der Waals surface area contributed by atoms with E-state index < -0.39 is 0 Å². The number of hydrogen-bond acceptors (Lipinski definition) is 3. The molecule has 0 aromatic heterocycles. The Bertz CT molecular complexity index is 641. The van der Waals surface area contributed by atoms with Gasteiger partial charge < -0.3 is 10.0 Å². The molecule has 2 unspecified atom stereocenters. The van der Waals surface area contributed by atoms with Crippen LogP contribution in [0.3, 0.4) is 0 Å². The maximum atomic E-state index is 9.36. The highest BCUT2D eigenvalue weighted by Crippen LogP contribution is 2.31. The molecule has 0 spiro atoms. The first kappa shape index (κ1) is 15.7. The fraction of sp³-hybridized carbons (Fsp3) is 0.429. The van der Waals surface area contributed by atoms with Crippen molar-refractivity contribution < 1.29 is 5.11 Å². The average Bonchev–Trinajstić information content (AvgIpc) is 3.13. The normalized spacial score (nSPS) is 24.3. The topological polar surface area (TPSA) is 26.7 Å². The third-order valence-electron chi connectivity index (χ3n) is 5.54. The third-order valence-corrected chi connectivity index (χ3v) is 5.54. The molecule has 3 nitrogen and oxygen atoms in total. The van der Waals surface area contributed by atoms with Gasteiger partial charge in [-0.3, -0.25) is 4.90 Å². The van der Waals surface area contributed by atoms with Crippen LogP contribution in [0, 0.1) is 11.8 Å². The first-order chi connectivity index (χ1) is 11.8. The lowest BCUT2D eigenvalue weighted by Gasteiger charge is -2.21. The molecule has 4 rings (SSSR count). The summed E-state index contributed by atoms with van der Waals surface area (Å²) in [5, 5.41) is 9.36. The molecule has 2 aromatic rings. The quantitative estimate of drug-likeness (QED) is 0.917. The summed E-state index contributed by atoms with van der Waals surface area (Å²) in [5.74, 6) is 2.04. The minimum atomic E-state index is 0.355. The van der Waals surface area contributed by atoms with E-state index in [4.69, 9.17) is 0 Å². The van der Waals surface area contributed by atoms with Crippen molar-refractivity contribution in [2.45, 2.75) is 13.0 Å². The van der Waals surface area contributed by atoms with Gasteiger partial charge in [-0.1, -0.05) is 42.5 Å². The standard InChI is InChI=1S/C21H26N2O/c24-21-8-6-17(7-9-21)10-11-22-13-19-15-23(16-20(19)14-22)12-18-4-2-1-3-5-18/h1-9,19-20,24H,10-16H2. The molecule has 2 aliphatic heterocycles. The van der Waals surface area contributed by atoms with Crippen LogP contribution in [0.25, 0.3) is 0 Å². The van der Waals surface area contributed by atoms with Crippen molar-refractivity contribution in [2.24, 2.45) is 11.8 Å². The van der Waals surface area contributed by atoms with E-state index in [0.29, 0.717) is 5.75 Å². The summed E-state index contributed by atoms with van der Waals surface area (Å²) in [7, 11) is 0. The van der Waals surface area contributed by atoms with Crippen molar-refractivity contribution in [1.29, 1.82) is 0 Å². The monoisotopic (exact) mass is 322 g/mol. The molecule has 0 amide bonds. The van der Waals surface area contributed by atoms with Gasteiger partial charge in [0, 0.05) is 39.3 Å². The molecule has 2 heterocycles. The Balaban J connectivity index is 1.25. The molecule has 2 aliphatic rings. The van der Waals surface area contributed by atoms with Crippen LogP contribution < -0.4 is 0 Å². The van der Waals surface area contributed by atoms with Gasteiger partial charge in [-0.2, -0.15) is 0 Å². The van der Waals surface area contributed by atoms with Gasteiger partial charge in [0.25, 0.3) is 0 Å². The molecule has 2 aromatic carbocycles. The van der Waals surface area contributed by atoms with Crippen molar-refractivity contribution in [2.75, 3.05) is 32.7 Å². The lowest BCUT2D eigenvalue weighted by Crippen LogP contribution is -2.30. The first-order valence-corrected chi connectivity index (χ1v) is 9.03. The van der Waals surface area contributed by atoms with E-state index in [1.54, 1.807) is 12.1 Å². The Morgan fingerprint density at radius 3 is 2.04 bits per heavy atom. The van der Waals surface area contributed by atoms with Crippen LogP contribution >= 0.6 is 0 Å². The Kier molecular flexibility index (Phi) is 4.54. The van der Waals surface area contributed by atoms with Crippen molar-refractivity contribution in [3.63, 3.8) is 0 Å². The molecule has 2 atom stereocenters. The molecule has 24 heavy (non-hydrogen) atoms. The summed E-state index contributed by atoms with van der Waals surface area (Å²) in [6.07, 6.45) is 1.08. The van der Waals surface area contributed by atoms with Gasteiger partial charge in [0.05, 0.1) is 0 Å². The minimum Gasteiger partial charge on any atom is -0.508 e. The molecular formula is C21H26N2O. The molecule has 1 N–H and O–H groups in total. The number of phenols is 1. The average molecular weight is 322 g/mol. The SMILES string of the molecule is Oc1ccc(CCN2CC3CN(Cc4ccccc4)CC3C2)cc1. The number of nitrogens with zero attached hydrogens (tertiary/aromatic N) is 2. The fourth-order valence-electron chi connectivity index (χ4n) is 4.29. The van der Waals surface area contributed by atoms with Gasteiger partial charge in [-0.15, -0.1) is 0 Å². The van der Waals surface area contributed by atoms with E-state index >= 15 is 0 Å². The highest BCUT2D eigenvalue weighted by molar-refractivity contribution is 5.26. The molecule has 0 radical (unpaired) electrons. The van der Waals surface area contributed by atoms with Crippen molar-refractivity contribution in [3.8, 4) is 5.75 Å². The van der Waals surface area contributed by atoms with E-state index in [1.165, 1.54) is 37.3 Å². The number of fused-ring (bicyclic) bond motifs is 1. The van der Waals surface area contributed by atoms with Gasteiger partial charge in [-0.25, -0.2) is 0 Å². The highest BCUT2D eigenvalue weighted by Gasteiger charge is 2.39. The van der Waals surface area contributed by atoms with Gasteiger partial charge >= 0.3 is 0 Å². The van der Waals surface area contributed by atoms with E-state index in [-0.39, 0.29) is 0 Å². The maximum absolute atomic E-state index is 9.36. The molecule has 3 heteroatoms. The number of rotatable bonds is 5. The van der Waals surface area contributed by atoms with Crippen LogP contribution in [0.1, 0.15) is 11.1 Å². The van der Waals surface area contributed by atoms with Crippen LogP contribution in [0.2, 0.25) is 0 Å². The second kappa shape index (κ2) is 6.96. The molecule has 0 saturated carbocycles. The van der Waals surface area contributed by atoms with E-state index in [2.05, 4.69) is 40.1 Å². The molecule has 0 aliphatic carbocycles. The zero-order chi connectivity index (χ0) is 16.4. The van der Waals surface area contributed by atoms with Gasteiger partial charge in [0.1, 0.15) is 5.75 Å². The summed E-state index contributed by atoms with van der Waals surface area (Å²) in [6.45, 7) is 7.21. The number of hydrogen-bond donors (Lipinski definition) is 1. The van der Waals surface area contributed by atoms with Gasteiger partial charge in [0.2, 0.25) is 0 Å². The number of phenolic OH excluding ortho intramolecular Hbond substituents is 1. The predicted molar refractivity (Wildman–Crippen MR) is 96.9 cm³/mol. The Morgan fingerprint density at radius 1 is 0.750 bits per heavy atom. The second-order valence-electron chi connectivity index (χ2n) is 7.38. The lowest BCUT2D eigenvalue weighted by molar-refractivity contribution is 0.252. The Hall–Kier alpha value is -1.84. The van der Waals surface area contributed by atoms with Crippen LogP contribution in [-0.4, -0.2) is 47.6 Å². The van der Waals surface area contributed by atoms with Gasteiger partial charge in [-0.05, 0) is 41.5 Å². The van der Waals surface area contributed by atoms with Crippen LogP contribution in [0.5, 0.6) is 5.75 Å². The Morgan fingerprint density at radius 2 is 1.38 bits per heavy atom. The van der Waals surface area contributed by atoms with Crippen molar-refractivity contribution >= 4 is 0 Å². The zero-order valence-corrected chi connectivity index (χ0v) is 14.1. The summed E-state index contributed by atoms with van der Waals surface area (Å²) >= 11 is 0. The fourth-order valence-corrected chi connectivity index (χ4v) is 4.29. The minimum absolute atomic E-state index is 0.355. The number of likely N-dealkylation sites (tertiary alicyclic amines) is 2. The van der Waals surface area contributed by atoms with Crippen LogP contribution in [-0.2, 0) is 13.0 Å². The van der Waals surface area contributed by atoms with Crippen molar-refractivity contribution in [1.82, 2.24) is 9.80 Å². The molecule has 0 bridgehead atoms. The maximum Gasteiger partial charge on any atom is 0.115 e. The zero-order valence-electron chi connectivity index (χ0n) is 14.1. The molecule has 126 valence electrons. The van der Waals surface area contributed by atoms with Gasteiger partial charge in [0.15, 0.2) is 0 Å². The van der Waals surface area contributed by atoms with Crippen molar-refractivity contribution in [3.05, 3.63) is 65.7 Å².